The zero-order chi connectivity index (χ0) is 23.4. The number of aliphatic hydroxyl groups excluding tert-OH is 1. The van der Waals surface area contributed by atoms with Gasteiger partial charge in [-0.25, -0.2) is 0 Å². The van der Waals surface area contributed by atoms with Crippen molar-refractivity contribution in [2.45, 2.75) is 90.4 Å². The largest absolute Gasteiger partial charge is 0.390 e. The number of ether oxygens (including phenoxy) is 1. The number of Topliss-reactive ketones (excluding diaryl/α,β-unsaturated/α-hetero) is 1. The average molecular weight is 460 g/mol. The van der Waals surface area contributed by atoms with Crippen molar-refractivity contribution in [3.05, 3.63) is 11.9 Å². The van der Waals surface area contributed by atoms with Crippen molar-refractivity contribution in [1.82, 2.24) is 15.0 Å². The normalized spacial score (nSPS) is 44.7. The summed E-state index contributed by atoms with van der Waals surface area (Å²) in [6.45, 7) is 5.24. The first-order chi connectivity index (χ1) is 15.7. The molecule has 4 aliphatic rings. The third-order valence-electron chi connectivity index (χ3n) is 10.5. The summed E-state index contributed by atoms with van der Waals surface area (Å²) in [4.78, 5) is 14.8. The molecule has 5 rings (SSSR count). The molecule has 2 N–H and O–H groups in total. The van der Waals surface area contributed by atoms with E-state index in [2.05, 4.69) is 17.1 Å². The molecule has 7 nitrogen and oxygen atoms in total. The maximum Gasteiger partial charge on any atom is 0.159 e. The van der Waals surface area contributed by atoms with Gasteiger partial charge < -0.3 is 14.9 Å². The summed E-state index contributed by atoms with van der Waals surface area (Å²) in [5.74, 6) is 2.72. The maximum atomic E-state index is 13.4. The highest BCUT2D eigenvalue weighted by Crippen LogP contribution is 2.68. The fourth-order valence-corrected chi connectivity index (χ4v) is 9.04. The number of nitrogens with zero attached hydrogens (tertiary/aromatic N) is 3. The lowest BCUT2D eigenvalue weighted by Gasteiger charge is -2.62. The second-order valence-corrected chi connectivity index (χ2v) is 12.2. The molecule has 0 bridgehead atoms. The Morgan fingerprint density at radius 3 is 2.70 bits per heavy atom. The number of hydrogen-bond acceptors (Lipinski definition) is 6. The molecule has 1 aromatic rings. The van der Waals surface area contributed by atoms with E-state index >= 15 is 0 Å². The molecule has 1 aromatic heterocycles. The van der Waals surface area contributed by atoms with Crippen LogP contribution in [0, 0.1) is 40.4 Å². The lowest BCUT2D eigenvalue weighted by atomic mass is 9.43. The Balaban J connectivity index is 1.36. The van der Waals surface area contributed by atoms with Crippen molar-refractivity contribution in [1.29, 1.82) is 0 Å². The molecule has 0 spiro atoms. The maximum absolute atomic E-state index is 13.4. The Kier molecular flexibility index (Phi) is 5.98. The fourth-order valence-electron chi connectivity index (χ4n) is 9.04. The predicted molar refractivity (Wildman–Crippen MR) is 123 cm³/mol. The minimum absolute atomic E-state index is 0.0481. The van der Waals surface area contributed by atoms with E-state index in [1.54, 1.807) is 0 Å². The van der Waals surface area contributed by atoms with E-state index in [0.717, 1.165) is 51.6 Å². The van der Waals surface area contributed by atoms with Crippen LogP contribution in [0.15, 0.2) is 6.20 Å². The molecule has 7 heteroatoms. The van der Waals surface area contributed by atoms with E-state index in [1.165, 1.54) is 23.8 Å². The zero-order valence-corrected chi connectivity index (χ0v) is 20.5. The Morgan fingerprint density at radius 1 is 1.15 bits per heavy atom. The number of ketones is 1. The van der Waals surface area contributed by atoms with Gasteiger partial charge in [0.25, 0.3) is 0 Å². The first kappa shape index (κ1) is 23.4. The van der Waals surface area contributed by atoms with Gasteiger partial charge >= 0.3 is 0 Å². The molecule has 4 aliphatic carbocycles. The van der Waals surface area contributed by atoms with Crippen LogP contribution in [0.2, 0.25) is 0 Å². The van der Waals surface area contributed by atoms with Gasteiger partial charge in [0, 0.05) is 13.0 Å². The second kappa shape index (κ2) is 8.42. The Bertz CT molecular complexity index is 885. The molecule has 8 atom stereocenters. The molecule has 0 aromatic carbocycles. The number of hydrogen-bond donors (Lipinski definition) is 2. The van der Waals surface area contributed by atoms with E-state index in [-0.39, 0.29) is 35.7 Å². The zero-order valence-electron chi connectivity index (χ0n) is 20.5. The summed E-state index contributed by atoms with van der Waals surface area (Å²) in [5, 5.41) is 28.4. The molecular weight excluding hydrogens is 418 g/mol. The van der Waals surface area contributed by atoms with Crippen LogP contribution < -0.4 is 0 Å². The van der Waals surface area contributed by atoms with Gasteiger partial charge in [0.2, 0.25) is 0 Å². The van der Waals surface area contributed by atoms with Crippen LogP contribution in [0.1, 0.15) is 77.3 Å². The highest BCUT2D eigenvalue weighted by atomic mass is 16.5. The molecule has 0 radical (unpaired) electrons. The lowest BCUT2D eigenvalue weighted by molar-refractivity contribution is -0.175. The Hall–Kier alpha value is -1.31. The van der Waals surface area contributed by atoms with Gasteiger partial charge in [-0.05, 0) is 99.2 Å². The number of fused-ring (bicyclic) bond motifs is 5. The molecule has 0 amide bonds. The molecule has 0 aliphatic heterocycles. The number of methoxy groups -OCH3 is 1. The van der Waals surface area contributed by atoms with E-state index in [4.69, 9.17) is 4.74 Å². The van der Waals surface area contributed by atoms with Crippen LogP contribution in [0.4, 0.5) is 0 Å². The lowest BCUT2D eigenvalue weighted by Crippen LogP contribution is -2.58. The van der Waals surface area contributed by atoms with Crippen molar-refractivity contribution in [2.75, 3.05) is 13.7 Å². The van der Waals surface area contributed by atoms with E-state index in [1.807, 2.05) is 14.0 Å². The second-order valence-electron chi connectivity index (χ2n) is 12.2. The average Bonchev–Trinajstić information content (AvgIpc) is 3.37. The quantitative estimate of drug-likeness (QED) is 0.677. The highest BCUT2D eigenvalue weighted by Gasteiger charge is 2.63. The van der Waals surface area contributed by atoms with Crippen molar-refractivity contribution in [3.8, 4) is 0 Å². The number of carbonyl (C=O) groups excluding carboxylic acids is 1. The predicted octanol–water partition coefficient (Wildman–Crippen LogP) is 3.38. The van der Waals surface area contributed by atoms with Crippen molar-refractivity contribution >= 4 is 5.78 Å². The number of aliphatic hydroxyl groups is 2. The molecular formula is C26H41N3O4. The van der Waals surface area contributed by atoms with E-state index in [9.17, 15) is 15.0 Å². The SMILES string of the molecule is COC[C@]12CC[C@@](C)(O)C[C@@H]1CC[C@H]1[C@@H]3CC[C@H](C(=O)Cn4ncc(CO)n4)[C@@]3(C)CC[C@@H]12. The van der Waals surface area contributed by atoms with Gasteiger partial charge in [0.05, 0.1) is 25.0 Å². The van der Waals surface area contributed by atoms with E-state index < -0.39 is 5.60 Å². The monoisotopic (exact) mass is 459 g/mol. The van der Waals surface area contributed by atoms with Gasteiger partial charge in [-0.2, -0.15) is 15.0 Å². The van der Waals surface area contributed by atoms with Crippen LogP contribution in [0.5, 0.6) is 0 Å². The standard InChI is InChI=1S/C26H41N3O4/c1-24(32)10-11-26(16-33-3)17(12-24)4-5-19-20-6-7-22(25(20,2)9-8-21(19)26)23(31)14-29-27-13-18(15-30)28-29/h13,17,19-22,30,32H,4-12,14-16H2,1-3H3/t17-,19-,20-,21-,22+,24+,25-,26+/m0/s1. The molecule has 0 unspecified atom stereocenters. The van der Waals surface area contributed by atoms with Crippen LogP contribution in [-0.2, 0) is 22.7 Å². The Labute approximate surface area is 197 Å². The van der Waals surface area contributed by atoms with Gasteiger partial charge in [-0.3, -0.25) is 4.79 Å². The fraction of sp³-hybridized carbons (Fsp3) is 0.885. The van der Waals surface area contributed by atoms with Gasteiger partial charge in [0.15, 0.2) is 5.78 Å². The van der Waals surface area contributed by atoms with Gasteiger partial charge in [-0.1, -0.05) is 6.92 Å². The Morgan fingerprint density at radius 2 is 1.97 bits per heavy atom. The molecule has 4 fully saturated rings. The summed E-state index contributed by atoms with van der Waals surface area (Å²) in [6.07, 6.45) is 11.1. The first-order valence-electron chi connectivity index (χ1n) is 13.0. The molecule has 0 saturated heterocycles. The van der Waals surface area contributed by atoms with E-state index in [0.29, 0.717) is 29.4 Å². The topological polar surface area (TPSA) is 97.5 Å². The van der Waals surface area contributed by atoms with Crippen molar-refractivity contribution < 1.29 is 19.7 Å². The minimum atomic E-state index is -0.542. The summed E-state index contributed by atoms with van der Waals surface area (Å²) in [7, 11) is 1.84. The number of aromatic nitrogens is 3. The van der Waals surface area contributed by atoms with Crippen LogP contribution in [-0.4, -0.2) is 50.3 Å². The molecule has 4 saturated carbocycles. The molecule has 184 valence electrons. The van der Waals surface area contributed by atoms with Crippen LogP contribution in [0.3, 0.4) is 0 Å². The van der Waals surface area contributed by atoms with Crippen molar-refractivity contribution in [3.63, 3.8) is 0 Å². The van der Waals surface area contributed by atoms with Gasteiger partial charge in [0.1, 0.15) is 12.2 Å². The molecule has 33 heavy (non-hydrogen) atoms. The van der Waals surface area contributed by atoms with Gasteiger partial charge in [-0.15, -0.1) is 0 Å². The number of carbonyl (C=O) groups is 1. The number of rotatable bonds is 6. The van der Waals surface area contributed by atoms with Crippen molar-refractivity contribution in [2.24, 2.45) is 40.4 Å². The highest BCUT2D eigenvalue weighted by molar-refractivity contribution is 5.82. The van der Waals surface area contributed by atoms with Crippen LogP contribution >= 0.6 is 0 Å². The summed E-state index contributed by atoms with van der Waals surface area (Å²) in [6, 6.07) is 0. The molecule has 1 heterocycles. The first-order valence-corrected chi connectivity index (χ1v) is 13.0. The summed E-state index contributed by atoms with van der Waals surface area (Å²) in [5.41, 5.74) is 0.194. The summed E-state index contributed by atoms with van der Waals surface area (Å²) >= 11 is 0. The smallest absolute Gasteiger partial charge is 0.159 e. The van der Waals surface area contributed by atoms with Crippen LogP contribution in [0.25, 0.3) is 0 Å². The summed E-state index contributed by atoms with van der Waals surface area (Å²) < 4.78 is 5.86. The third-order valence-corrected chi connectivity index (χ3v) is 10.5. The minimum Gasteiger partial charge on any atom is -0.390 e. The third kappa shape index (κ3) is 3.79.